The number of aromatic carboxylic acids is 3. The Morgan fingerprint density at radius 3 is 1.81 bits per heavy atom. The highest BCUT2D eigenvalue weighted by Gasteiger charge is 2.24. The van der Waals surface area contributed by atoms with Crippen LogP contribution in [0.4, 0.5) is 0 Å². The molecule has 6 nitrogen and oxygen atoms in total. The van der Waals surface area contributed by atoms with Gasteiger partial charge < -0.3 is 15.3 Å². The van der Waals surface area contributed by atoms with Crippen LogP contribution in [0.5, 0.6) is 0 Å². The van der Waals surface area contributed by atoms with Crippen molar-refractivity contribution < 1.29 is 29.7 Å². The van der Waals surface area contributed by atoms with Crippen molar-refractivity contribution in [3.63, 3.8) is 0 Å². The Bertz CT molecular complexity index is 804. The molecule has 0 aliphatic carbocycles. The monoisotopic (exact) mass is 288 g/mol. The molecule has 0 aromatic heterocycles. The normalized spacial score (nSPS) is 10.6. The first kappa shape index (κ1) is 14.5. The fraction of sp³-hybridized carbons (Fsp3) is 0.133. The number of carboxylic acid groups (broad SMARTS) is 3. The van der Waals surface area contributed by atoms with Crippen LogP contribution in [0.2, 0.25) is 0 Å². The van der Waals surface area contributed by atoms with Crippen LogP contribution in [0, 0.1) is 13.8 Å². The molecule has 21 heavy (non-hydrogen) atoms. The zero-order valence-electron chi connectivity index (χ0n) is 11.3. The van der Waals surface area contributed by atoms with Gasteiger partial charge in [0.15, 0.2) is 0 Å². The highest BCUT2D eigenvalue weighted by molar-refractivity contribution is 6.14. The van der Waals surface area contributed by atoms with E-state index in [1.165, 1.54) is 25.1 Å². The van der Waals surface area contributed by atoms with Gasteiger partial charge in [0.05, 0.1) is 16.7 Å². The van der Waals surface area contributed by atoms with Crippen LogP contribution >= 0.6 is 0 Å². The average molecular weight is 288 g/mol. The molecule has 0 aliphatic rings. The van der Waals surface area contributed by atoms with Gasteiger partial charge in [-0.05, 0) is 47.9 Å². The molecule has 0 bridgehead atoms. The van der Waals surface area contributed by atoms with Gasteiger partial charge in [0.25, 0.3) is 0 Å². The first-order chi connectivity index (χ1) is 9.75. The van der Waals surface area contributed by atoms with E-state index in [0.717, 1.165) is 0 Å². The summed E-state index contributed by atoms with van der Waals surface area (Å²) in [6.45, 7) is 3.15. The van der Waals surface area contributed by atoms with Gasteiger partial charge in [-0.3, -0.25) is 0 Å². The van der Waals surface area contributed by atoms with Crippen LogP contribution in [0.3, 0.4) is 0 Å². The minimum Gasteiger partial charge on any atom is -0.478 e. The Balaban J connectivity index is 3.04. The smallest absolute Gasteiger partial charge is 0.337 e. The zero-order chi connectivity index (χ0) is 15.9. The standard InChI is InChI=1S/C15H12O6/c1-6-7(2)11(14(18)19)12(15(20)21)9-4-3-8(13(16)17)5-10(6)9/h3-5H,1-2H3,(H,16,17)(H,18,19)(H,20,21). The summed E-state index contributed by atoms with van der Waals surface area (Å²) < 4.78 is 0. The fourth-order valence-electron chi connectivity index (χ4n) is 2.41. The molecule has 0 unspecified atom stereocenters. The third-order valence-electron chi connectivity index (χ3n) is 3.56. The Morgan fingerprint density at radius 1 is 0.762 bits per heavy atom. The third-order valence-corrected chi connectivity index (χ3v) is 3.56. The Kier molecular flexibility index (Phi) is 3.39. The molecule has 0 aliphatic heterocycles. The van der Waals surface area contributed by atoms with Crippen LogP contribution in [0.1, 0.15) is 42.2 Å². The zero-order valence-corrected chi connectivity index (χ0v) is 11.3. The molecule has 2 rings (SSSR count). The van der Waals surface area contributed by atoms with Gasteiger partial charge in [-0.1, -0.05) is 6.07 Å². The maximum absolute atomic E-state index is 11.4. The molecule has 0 amide bonds. The van der Waals surface area contributed by atoms with Gasteiger partial charge in [0.1, 0.15) is 0 Å². The summed E-state index contributed by atoms with van der Waals surface area (Å²) in [5.41, 5.74) is 0.294. The number of hydrogen-bond acceptors (Lipinski definition) is 3. The second kappa shape index (κ2) is 4.90. The molecule has 0 heterocycles. The predicted octanol–water partition coefficient (Wildman–Crippen LogP) is 2.55. The van der Waals surface area contributed by atoms with E-state index in [0.29, 0.717) is 16.5 Å². The molecule has 0 radical (unpaired) electrons. The average Bonchev–Trinajstić information content (AvgIpc) is 2.41. The number of fused-ring (bicyclic) bond motifs is 1. The second-order valence-corrected chi connectivity index (χ2v) is 4.68. The highest BCUT2D eigenvalue weighted by atomic mass is 16.4. The lowest BCUT2D eigenvalue weighted by Crippen LogP contribution is -2.13. The van der Waals surface area contributed by atoms with E-state index < -0.39 is 17.9 Å². The van der Waals surface area contributed by atoms with E-state index in [1.807, 2.05) is 0 Å². The van der Waals surface area contributed by atoms with Crippen molar-refractivity contribution >= 4 is 28.7 Å². The summed E-state index contributed by atoms with van der Waals surface area (Å²) in [5.74, 6) is -3.81. The number of carbonyl (C=O) groups is 3. The summed E-state index contributed by atoms with van der Waals surface area (Å²) in [6, 6.07) is 3.96. The first-order valence-corrected chi connectivity index (χ1v) is 6.02. The van der Waals surface area contributed by atoms with Crippen molar-refractivity contribution in [1.82, 2.24) is 0 Å². The molecule has 0 fully saturated rings. The van der Waals surface area contributed by atoms with E-state index in [-0.39, 0.29) is 22.1 Å². The third kappa shape index (κ3) is 2.20. The van der Waals surface area contributed by atoms with E-state index in [9.17, 15) is 24.6 Å². The Hall–Kier alpha value is -2.89. The van der Waals surface area contributed by atoms with Gasteiger partial charge in [0.2, 0.25) is 0 Å². The molecule has 0 atom stereocenters. The summed E-state index contributed by atoms with van der Waals surface area (Å²) in [7, 11) is 0. The van der Waals surface area contributed by atoms with Crippen LogP contribution in [0.15, 0.2) is 18.2 Å². The lowest BCUT2D eigenvalue weighted by Gasteiger charge is -2.14. The van der Waals surface area contributed by atoms with Crippen molar-refractivity contribution in [3.05, 3.63) is 46.0 Å². The first-order valence-electron chi connectivity index (χ1n) is 6.02. The highest BCUT2D eigenvalue weighted by Crippen LogP contribution is 2.31. The number of aryl methyl sites for hydroxylation is 1. The molecular weight excluding hydrogens is 276 g/mol. The number of rotatable bonds is 3. The van der Waals surface area contributed by atoms with Gasteiger partial charge in [-0.2, -0.15) is 0 Å². The van der Waals surface area contributed by atoms with Gasteiger partial charge in [-0.15, -0.1) is 0 Å². The molecule has 108 valence electrons. The minimum atomic E-state index is -1.36. The lowest BCUT2D eigenvalue weighted by atomic mass is 9.89. The second-order valence-electron chi connectivity index (χ2n) is 4.68. The predicted molar refractivity (Wildman–Crippen MR) is 74.3 cm³/mol. The quantitative estimate of drug-likeness (QED) is 0.800. The minimum absolute atomic E-state index is 0.0180. The Labute approximate surface area is 119 Å². The lowest BCUT2D eigenvalue weighted by molar-refractivity contribution is 0.0652. The van der Waals surface area contributed by atoms with Crippen LogP contribution in [-0.4, -0.2) is 33.2 Å². The molecule has 0 saturated carbocycles. The van der Waals surface area contributed by atoms with Crippen LogP contribution in [0.25, 0.3) is 10.8 Å². The van der Waals surface area contributed by atoms with Crippen molar-refractivity contribution in [1.29, 1.82) is 0 Å². The molecule has 3 N–H and O–H groups in total. The van der Waals surface area contributed by atoms with E-state index in [2.05, 4.69) is 0 Å². The Morgan fingerprint density at radius 2 is 1.33 bits per heavy atom. The van der Waals surface area contributed by atoms with E-state index in [4.69, 9.17) is 5.11 Å². The van der Waals surface area contributed by atoms with Gasteiger partial charge in [0, 0.05) is 0 Å². The van der Waals surface area contributed by atoms with E-state index in [1.54, 1.807) is 6.92 Å². The number of benzene rings is 2. The molecule has 0 saturated heterocycles. The van der Waals surface area contributed by atoms with Crippen molar-refractivity contribution in [2.75, 3.05) is 0 Å². The molecular formula is C15H12O6. The molecule has 2 aromatic rings. The molecule has 2 aromatic carbocycles. The topological polar surface area (TPSA) is 112 Å². The van der Waals surface area contributed by atoms with Crippen molar-refractivity contribution in [2.24, 2.45) is 0 Å². The molecule has 0 spiro atoms. The summed E-state index contributed by atoms with van der Waals surface area (Å²) >= 11 is 0. The number of carboxylic acids is 3. The number of hydrogen-bond donors (Lipinski definition) is 3. The summed E-state index contributed by atoms with van der Waals surface area (Å²) in [5, 5.41) is 28.2. The SMILES string of the molecule is Cc1c(C(=O)O)c(C(=O)O)c2ccc(C(=O)O)cc2c1C. The van der Waals surface area contributed by atoms with Crippen molar-refractivity contribution in [3.8, 4) is 0 Å². The maximum atomic E-state index is 11.4. The van der Waals surface area contributed by atoms with Crippen LogP contribution < -0.4 is 0 Å². The summed E-state index contributed by atoms with van der Waals surface area (Å²) in [4.78, 5) is 33.8. The fourth-order valence-corrected chi connectivity index (χ4v) is 2.41. The largest absolute Gasteiger partial charge is 0.478 e. The van der Waals surface area contributed by atoms with Gasteiger partial charge >= 0.3 is 17.9 Å². The van der Waals surface area contributed by atoms with E-state index >= 15 is 0 Å². The van der Waals surface area contributed by atoms with Gasteiger partial charge in [-0.25, -0.2) is 14.4 Å². The molecule has 6 heteroatoms. The maximum Gasteiger partial charge on any atom is 0.337 e. The van der Waals surface area contributed by atoms with Crippen LogP contribution in [-0.2, 0) is 0 Å². The summed E-state index contributed by atoms with van der Waals surface area (Å²) in [6.07, 6.45) is 0. The van der Waals surface area contributed by atoms with Crippen molar-refractivity contribution in [2.45, 2.75) is 13.8 Å².